The first-order chi connectivity index (χ1) is 7.63. The number of aromatic nitrogens is 1. The molecule has 0 bridgehead atoms. The Kier molecular flexibility index (Phi) is 5.35. The molecule has 90 valence electrons. The van der Waals surface area contributed by atoms with Crippen molar-refractivity contribution in [1.29, 1.82) is 0 Å². The number of rotatable bonds is 6. The van der Waals surface area contributed by atoms with E-state index in [0.29, 0.717) is 6.04 Å². The van der Waals surface area contributed by atoms with Crippen molar-refractivity contribution in [3.63, 3.8) is 0 Å². The van der Waals surface area contributed by atoms with E-state index in [1.807, 2.05) is 6.92 Å². The van der Waals surface area contributed by atoms with Gasteiger partial charge in [-0.1, -0.05) is 0 Å². The van der Waals surface area contributed by atoms with Gasteiger partial charge in [0.05, 0.1) is 11.9 Å². The summed E-state index contributed by atoms with van der Waals surface area (Å²) in [4.78, 5) is 4.04. The first-order valence-corrected chi connectivity index (χ1v) is 5.50. The summed E-state index contributed by atoms with van der Waals surface area (Å²) >= 11 is 0. The summed E-state index contributed by atoms with van der Waals surface area (Å²) in [6, 6.07) is 3.60. The Morgan fingerprint density at radius 1 is 1.44 bits per heavy atom. The van der Waals surface area contributed by atoms with E-state index in [-0.39, 0.29) is 11.9 Å². The van der Waals surface area contributed by atoms with Crippen LogP contribution < -0.4 is 5.32 Å². The lowest BCUT2D eigenvalue weighted by Gasteiger charge is -2.19. The van der Waals surface area contributed by atoms with Crippen LogP contribution in [0.1, 0.15) is 32.0 Å². The number of halogens is 1. The molecule has 0 aliphatic heterocycles. The largest absolute Gasteiger partial charge is 0.385 e. The molecule has 3 nitrogen and oxygen atoms in total. The third-order valence-electron chi connectivity index (χ3n) is 2.48. The molecule has 1 aromatic heterocycles. The molecule has 0 radical (unpaired) electrons. The lowest BCUT2D eigenvalue weighted by molar-refractivity contribution is 0.183. The lowest BCUT2D eigenvalue weighted by Crippen LogP contribution is -2.30. The topological polar surface area (TPSA) is 34.1 Å². The van der Waals surface area contributed by atoms with Crippen molar-refractivity contribution in [2.45, 2.75) is 32.4 Å². The molecule has 16 heavy (non-hydrogen) atoms. The Labute approximate surface area is 96.0 Å². The average Bonchev–Trinajstić information content (AvgIpc) is 2.27. The molecule has 0 fully saturated rings. The van der Waals surface area contributed by atoms with E-state index in [0.717, 1.165) is 18.7 Å². The van der Waals surface area contributed by atoms with Crippen molar-refractivity contribution in [1.82, 2.24) is 10.3 Å². The maximum atomic E-state index is 12.7. The quantitative estimate of drug-likeness (QED) is 0.808. The molecule has 0 spiro atoms. The normalized spacial score (nSPS) is 14.8. The molecule has 1 aromatic rings. The van der Waals surface area contributed by atoms with Crippen LogP contribution in [0.15, 0.2) is 18.3 Å². The summed E-state index contributed by atoms with van der Waals surface area (Å²) in [6.07, 6.45) is 2.19. The van der Waals surface area contributed by atoms with Crippen molar-refractivity contribution in [3.05, 3.63) is 29.8 Å². The number of hydrogen-bond donors (Lipinski definition) is 1. The van der Waals surface area contributed by atoms with Crippen LogP contribution in [-0.4, -0.2) is 24.7 Å². The molecule has 0 aliphatic rings. The van der Waals surface area contributed by atoms with Crippen molar-refractivity contribution >= 4 is 0 Å². The van der Waals surface area contributed by atoms with Crippen LogP contribution in [0.5, 0.6) is 0 Å². The third-order valence-corrected chi connectivity index (χ3v) is 2.48. The van der Waals surface area contributed by atoms with E-state index < -0.39 is 0 Å². The van der Waals surface area contributed by atoms with Crippen molar-refractivity contribution in [2.75, 3.05) is 13.7 Å². The summed E-state index contributed by atoms with van der Waals surface area (Å²) in [7, 11) is 1.69. The lowest BCUT2D eigenvalue weighted by atomic mass is 10.1. The summed E-state index contributed by atoms with van der Waals surface area (Å²) in [5, 5.41) is 3.39. The molecule has 1 N–H and O–H groups in total. The van der Waals surface area contributed by atoms with Crippen LogP contribution in [0.4, 0.5) is 4.39 Å². The highest BCUT2D eigenvalue weighted by Crippen LogP contribution is 2.11. The van der Waals surface area contributed by atoms with E-state index in [4.69, 9.17) is 4.74 Å². The highest BCUT2D eigenvalue weighted by molar-refractivity contribution is 5.09. The fourth-order valence-corrected chi connectivity index (χ4v) is 1.53. The molecule has 0 amide bonds. The summed E-state index contributed by atoms with van der Waals surface area (Å²) < 4.78 is 17.7. The van der Waals surface area contributed by atoms with Gasteiger partial charge >= 0.3 is 0 Å². The predicted molar refractivity (Wildman–Crippen MR) is 61.7 cm³/mol. The number of pyridine rings is 1. The SMILES string of the molecule is COCCC(C)NC(C)c1ccc(F)cn1. The molecule has 0 aliphatic carbocycles. The van der Waals surface area contributed by atoms with Crippen molar-refractivity contribution in [2.24, 2.45) is 0 Å². The molecule has 0 saturated carbocycles. The van der Waals surface area contributed by atoms with Gasteiger partial charge in [-0.25, -0.2) is 4.39 Å². The van der Waals surface area contributed by atoms with E-state index in [1.165, 1.54) is 12.3 Å². The van der Waals surface area contributed by atoms with Crippen LogP contribution in [0.3, 0.4) is 0 Å². The van der Waals surface area contributed by atoms with Gasteiger partial charge in [0.25, 0.3) is 0 Å². The minimum absolute atomic E-state index is 0.118. The number of nitrogens with one attached hydrogen (secondary N) is 1. The Morgan fingerprint density at radius 3 is 2.75 bits per heavy atom. The Bertz CT molecular complexity index is 302. The Morgan fingerprint density at radius 2 is 2.19 bits per heavy atom. The molecule has 1 rings (SSSR count). The number of ether oxygens (including phenoxy) is 1. The summed E-state index contributed by atoms with van der Waals surface area (Å²) in [5.74, 6) is -0.302. The maximum absolute atomic E-state index is 12.7. The Balaban J connectivity index is 2.45. The highest BCUT2D eigenvalue weighted by Gasteiger charge is 2.10. The number of methoxy groups -OCH3 is 1. The number of nitrogens with zero attached hydrogens (tertiary/aromatic N) is 1. The fourth-order valence-electron chi connectivity index (χ4n) is 1.53. The van der Waals surface area contributed by atoms with Gasteiger partial charge in [-0.05, 0) is 32.4 Å². The predicted octanol–water partition coefficient (Wildman–Crippen LogP) is 2.30. The fraction of sp³-hybridized carbons (Fsp3) is 0.583. The van der Waals surface area contributed by atoms with Crippen LogP contribution in [0, 0.1) is 5.82 Å². The third kappa shape index (κ3) is 4.24. The van der Waals surface area contributed by atoms with Gasteiger partial charge in [0.15, 0.2) is 0 Å². The van der Waals surface area contributed by atoms with Gasteiger partial charge in [-0.2, -0.15) is 0 Å². The van der Waals surface area contributed by atoms with Gasteiger partial charge in [0.2, 0.25) is 0 Å². The molecule has 4 heteroatoms. The zero-order chi connectivity index (χ0) is 12.0. The molecule has 0 aromatic carbocycles. The van der Waals surface area contributed by atoms with Crippen molar-refractivity contribution < 1.29 is 9.13 Å². The molecule has 1 heterocycles. The zero-order valence-electron chi connectivity index (χ0n) is 10.0. The zero-order valence-corrected chi connectivity index (χ0v) is 10.0. The van der Waals surface area contributed by atoms with E-state index in [2.05, 4.69) is 17.2 Å². The monoisotopic (exact) mass is 226 g/mol. The van der Waals surface area contributed by atoms with Gasteiger partial charge in [0.1, 0.15) is 5.82 Å². The van der Waals surface area contributed by atoms with Crippen LogP contribution >= 0.6 is 0 Å². The first-order valence-electron chi connectivity index (χ1n) is 5.50. The average molecular weight is 226 g/mol. The van der Waals surface area contributed by atoms with Gasteiger partial charge < -0.3 is 10.1 Å². The second-order valence-corrected chi connectivity index (χ2v) is 3.97. The van der Waals surface area contributed by atoms with Crippen LogP contribution in [0.2, 0.25) is 0 Å². The highest BCUT2D eigenvalue weighted by atomic mass is 19.1. The molecular formula is C12H19FN2O. The first kappa shape index (κ1) is 13.1. The Hall–Kier alpha value is -1.00. The van der Waals surface area contributed by atoms with Crippen LogP contribution in [0.25, 0.3) is 0 Å². The molecule has 0 saturated heterocycles. The standard InChI is InChI=1S/C12H19FN2O/c1-9(6-7-16-3)15-10(2)12-5-4-11(13)8-14-12/h4-5,8-10,15H,6-7H2,1-3H3. The van der Waals surface area contributed by atoms with Gasteiger partial charge in [-0.3, -0.25) is 4.98 Å². The smallest absolute Gasteiger partial charge is 0.141 e. The van der Waals surface area contributed by atoms with E-state index in [9.17, 15) is 4.39 Å². The van der Waals surface area contributed by atoms with E-state index >= 15 is 0 Å². The maximum Gasteiger partial charge on any atom is 0.141 e. The van der Waals surface area contributed by atoms with Gasteiger partial charge in [0, 0.05) is 25.8 Å². The van der Waals surface area contributed by atoms with E-state index in [1.54, 1.807) is 13.2 Å². The summed E-state index contributed by atoms with van der Waals surface area (Å²) in [5.41, 5.74) is 0.852. The second kappa shape index (κ2) is 6.55. The molecule has 2 unspecified atom stereocenters. The minimum atomic E-state index is -0.302. The number of hydrogen-bond acceptors (Lipinski definition) is 3. The summed E-state index contributed by atoms with van der Waals surface area (Å²) in [6.45, 7) is 4.85. The molecule has 2 atom stereocenters. The van der Waals surface area contributed by atoms with Crippen LogP contribution in [-0.2, 0) is 4.74 Å². The van der Waals surface area contributed by atoms with Gasteiger partial charge in [-0.15, -0.1) is 0 Å². The molecular weight excluding hydrogens is 207 g/mol. The van der Waals surface area contributed by atoms with Crippen molar-refractivity contribution in [3.8, 4) is 0 Å². The minimum Gasteiger partial charge on any atom is -0.385 e. The second-order valence-electron chi connectivity index (χ2n) is 3.97.